The number of phenolic OH excluding ortho intramolecular Hbond substituents is 1. The van der Waals surface area contributed by atoms with Gasteiger partial charge in [0.05, 0.1) is 17.8 Å². The molecule has 0 bridgehead atoms. The fraction of sp³-hybridized carbons (Fsp3) is 0.133. The van der Waals surface area contributed by atoms with Crippen molar-refractivity contribution in [1.82, 2.24) is 0 Å². The molecule has 0 spiro atoms. The first-order valence-electron chi connectivity index (χ1n) is 5.96. The molecule has 0 aliphatic carbocycles. The van der Waals surface area contributed by atoms with Crippen LogP contribution in [0.15, 0.2) is 36.4 Å². The van der Waals surface area contributed by atoms with Gasteiger partial charge in [0.1, 0.15) is 11.5 Å². The van der Waals surface area contributed by atoms with Gasteiger partial charge in [-0.05, 0) is 31.2 Å². The first kappa shape index (κ1) is 14.2. The highest BCUT2D eigenvalue weighted by Gasteiger charge is 2.13. The Hall–Kier alpha value is -2.20. The van der Waals surface area contributed by atoms with Crippen LogP contribution in [0.3, 0.4) is 0 Å². The normalized spacial score (nSPS) is 10.2. The number of halogens is 1. The number of methoxy groups -OCH3 is 1. The Bertz CT molecular complexity index is 656. The molecule has 0 atom stereocenters. The van der Waals surface area contributed by atoms with Gasteiger partial charge in [-0.1, -0.05) is 17.7 Å². The standard InChI is InChI=1S/C15H14ClNO3/c1-9-11(4-3-5-14(9)18)15(19)17-13-8-10(20-2)6-7-12(13)16/h3-8,18H,1-2H3,(H,17,19). The molecule has 2 rings (SSSR count). The molecule has 2 aromatic rings. The van der Waals surface area contributed by atoms with Crippen LogP contribution in [-0.2, 0) is 0 Å². The predicted octanol–water partition coefficient (Wildman–Crippen LogP) is 3.61. The van der Waals surface area contributed by atoms with Gasteiger partial charge in [-0.25, -0.2) is 0 Å². The number of nitrogens with one attached hydrogen (secondary N) is 1. The van der Waals surface area contributed by atoms with E-state index in [9.17, 15) is 9.90 Å². The molecule has 5 heteroatoms. The minimum absolute atomic E-state index is 0.0781. The molecule has 20 heavy (non-hydrogen) atoms. The molecule has 0 aliphatic heterocycles. The van der Waals surface area contributed by atoms with Crippen LogP contribution in [0.5, 0.6) is 11.5 Å². The molecule has 0 saturated heterocycles. The van der Waals surface area contributed by atoms with Crippen LogP contribution in [0.4, 0.5) is 5.69 Å². The summed E-state index contributed by atoms with van der Waals surface area (Å²) < 4.78 is 5.09. The van der Waals surface area contributed by atoms with Crippen LogP contribution in [0.1, 0.15) is 15.9 Å². The SMILES string of the molecule is COc1ccc(Cl)c(NC(=O)c2cccc(O)c2C)c1. The van der Waals surface area contributed by atoms with Crippen LogP contribution in [-0.4, -0.2) is 18.1 Å². The van der Waals surface area contributed by atoms with E-state index in [0.29, 0.717) is 27.6 Å². The van der Waals surface area contributed by atoms with Gasteiger partial charge in [0.25, 0.3) is 5.91 Å². The van der Waals surface area contributed by atoms with E-state index >= 15 is 0 Å². The summed E-state index contributed by atoms with van der Waals surface area (Å²) in [5.41, 5.74) is 1.37. The Morgan fingerprint density at radius 3 is 2.75 bits per heavy atom. The average molecular weight is 292 g/mol. The number of hydrogen-bond donors (Lipinski definition) is 2. The molecule has 2 N–H and O–H groups in total. The zero-order valence-electron chi connectivity index (χ0n) is 11.1. The Morgan fingerprint density at radius 1 is 1.30 bits per heavy atom. The summed E-state index contributed by atoms with van der Waals surface area (Å²) in [5, 5.41) is 12.7. The summed E-state index contributed by atoms with van der Waals surface area (Å²) in [6.07, 6.45) is 0. The monoisotopic (exact) mass is 291 g/mol. The third-order valence-electron chi connectivity index (χ3n) is 2.97. The lowest BCUT2D eigenvalue weighted by Gasteiger charge is -2.11. The van der Waals surface area contributed by atoms with E-state index in [-0.39, 0.29) is 11.7 Å². The number of hydrogen-bond acceptors (Lipinski definition) is 3. The topological polar surface area (TPSA) is 58.6 Å². The zero-order valence-corrected chi connectivity index (χ0v) is 11.9. The number of benzene rings is 2. The van der Waals surface area contributed by atoms with E-state index in [4.69, 9.17) is 16.3 Å². The number of amides is 1. The highest BCUT2D eigenvalue weighted by Crippen LogP contribution is 2.28. The summed E-state index contributed by atoms with van der Waals surface area (Å²) in [7, 11) is 1.54. The van der Waals surface area contributed by atoms with Crippen molar-refractivity contribution in [2.45, 2.75) is 6.92 Å². The largest absolute Gasteiger partial charge is 0.508 e. The lowest BCUT2D eigenvalue weighted by Crippen LogP contribution is -2.13. The van der Waals surface area contributed by atoms with Gasteiger partial charge in [0, 0.05) is 17.2 Å². The van der Waals surface area contributed by atoms with E-state index in [0.717, 1.165) is 0 Å². The van der Waals surface area contributed by atoms with E-state index < -0.39 is 0 Å². The number of aromatic hydroxyl groups is 1. The van der Waals surface area contributed by atoms with E-state index in [1.54, 1.807) is 37.3 Å². The second-order valence-electron chi connectivity index (χ2n) is 4.25. The van der Waals surface area contributed by atoms with Crippen molar-refractivity contribution in [2.24, 2.45) is 0 Å². The Balaban J connectivity index is 2.30. The van der Waals surface area contributed by atoms with Crippen LogP contribution in [0.2, 0.25) is 5.02 Å². The molecule has 0 aliphatic rings. The third-order valence-corrected chi connectivity index (χ3v) is 3.30. The molecule has 2 aromatic carbocycles. The van der Waals surface area contributed by atoms with E-state index in [2.05, 4.69) is 5.32 Å². The molecule has 4 nitrogen and oxygen atoms in total. The number of carbonyl (C=O) groups is 1. The first-order valence-corrected chi connectivity index (χ1v) is 6.34. The van der Waals surface area contributed by atoms with Crippen molar-refractivity contribution in [3.63, 3.8) is 0 Å². The van der Waals surface area contributed by atoms with Gasteiger partial charge in [0.2, 0.25) is 0 Å². The molecule has 0 heterocycles. The number of anilines is 1. The quantitative estimate of drug-likeness (QED) is 0.908. The van der Waals surface area contributed by atoms with Crippen LogP contribution in [0.25, 0.3) is 0 Å². The van der Waals surface area contributed by atoms with Gasteiger partial charge in [-0.3, -0.25) is 4.79 Å². The fourth-order valence-corrected chi connectivity index (χ4v) is 1.95. The highest BCUT2D eigenvalue weighted by atomic mass is 35.5. The Labute approximate surface area is 122 Å². The first-order chi connectivity index (χ1) is 9.52. The maximum absolute atomic E-state index is 12.2. The second-order valence-corrected chi connectivity index (χ2v) is 4.66. The Morgan fingerprint density at radius 2 is 2.05 bits per heavy atom. The van der Waals surface area contributed by atoms with Crippen LogP contribution < -0.4 is 10.1 Å². The number of ether oxygens (including phenoxy) is 1. The molecule has 0 fully saturated rings. The summed E-state index contributed by atoms with van der Waals surface area (Å²) in [6.45, 7) is 1.68. The molecule has 0 aromatic heterocycles. The Kier molecular flexibility index (Phi) is 4.15. The third kappa shape index (κ3) is 2.86. The van der Waals surface area contributed by atoms with E-state index in [1.165, 1.54) is 13.2 Å². The molecule has 0 saturated carbocycles. The van der Waals surface area contributed by atoms with Crippen molar-refractivity contribution < 1.29 is 14.6 Å². The van der Waals surface area contributed by atoms with Crippen LogP contribution >= 0.6 is 11.6 Å². The lowest BCUT2D eigenvalue weighted by atomic mass is 10.1. The lowest BCUT2D eigenvalue weighted by molar-refractivity contribution is 0.102. The number of rotatable bonds is 3. The molecular weight excluding hydrogens is 278 g/mol. The summed E-state index contributed by atoms with van der Waals surface area (Å²) in [4.78, 5) is 12.2. The summed E-state index contributed by atoms with van der Waals surface area (Å²) in [5.74, 6) is 0.334. The number of carbonyl (C=O) groups excluding carboxylic acids is 1. The minimum Gasteiger partial charge on any atom is -0.508 e. The summed E-state index contributed by atoms with van der Waals surface area (Å²) >= 11 is 6.04. The maximum atomic E-state index is 12.2. The molecular formula is C15H14ClNO3. The van der Waals surface area contributed by atoms with Gasteiger partial charge in [0.15, 0.2) is 0 Å². The molecule has 0 unspecified atom stereocenters. The molecule has 0 radical (unpaired) electrons. The zero-order chi connectivity index (χ0) is 14.7. The smallest absolute Gasteiger partial charge is 0.256 e. The van der Waals surface area contributed by atoms with Gasteiger partial charge < -0.3 is 15.2 Å². The summed E-state index contributed by atoms with van der Waals surface area (Å²) in [6, 6.07) is 9.77. The predicted molar refractivity (Wildman–Crippen MR) is 78.8 cm³/mol. The van der Waals surface area contributed by atoms with Crippen molar-refractivity contribution in [3.8, 4) is 11.5 Å². The van der Waals surface area contributed by atoms with Crippen molar-refractivity contribution in [2.75, 3.05) is 12.4 Å². The van der Waals surface area contributed by atoms with Gasteiger partial charge in [-0.15, -0.1) is 0 Å². The average Bonchev–Trinajstić information content (AvgIpc) is 2.44. The van der Waals surface area contributed by atoms with E-state index in [1.807, 2.05) is 0 Å². The molecule has 1 amide bonds. The van der Waals surface area contributed by atoms with Crippen molar-refractivity contribution >= 4 is 23.2 Å². The van der Waals surface area contributed by atoms with Gasteiger partial charge >= 0.3 is 0 Å². The fourth-order valence-electron chi connectivity index (χ4n) is 1.79. The van der Waals surface area contributed by atoms with Crippen molar-refractivity contribution in [1.29, 1.82) is 0 Å². The van der Waals surface area contributed by atoms with Crippen molar-refractivity contribution in [3.05, 3.63) is 52.5 Å². The molecule has 104 valence electrons. The number of phenols is 1. The minimum atomic E-state index is -0.339. The van der Waals surface area contributed by atoms with Gasteiger partial charge in [-0.2, -0.15) is 0 Å². The second kappa shape index (κ2) is 5.84. The van der Waals surface area contributed by atoms with Crippen LogP contribution in [0, 0.1) is 6.92 Å². The highest BCUT2D eigenvalue weighted by molar-refractivity contribution is 6.34. The maximum Gasteiger partial charge on any atom is 0.256 e.